The molecule has 2 N–H and O–H groups in total. The number of hydrogen-bond donors (Lipinski definition) is 2. The molecule has 1 fully saturated rings. The van der Waals surface area contributed by atoms with E-state index in [4.69, 9.17) is 11.6 Å². The maximum absolute atomic E-state index is 10.0. The van der Waals surface area contributed by atoms with E-state index < -0.39 is 0 Å². The number of anilines is 1. The van der Waals surface area contributed by atoms with Gasteiger partial charge in [-0.1, -0.05) is 23.7 Å². The Morgan fingerprint density at radius 3 is 2.54 bits per heavy atom. The lowest BCUT2D eigenvalue weighted by molar-refractivity contribution is 0.370. The maximum atomic E-state index is 10.0. The van der Waals surface area contributed by atoms with Crippen molar-refractivity contribution in [2.45, 2.75) is 6.42 Å². The van der Waals surface area contributed by atoms with Gasteiger partial charge < -0.3 is 20.2 Å². The zero-order valence-corrected chi connectivity index (χ0v) is 18.6. The van der Waals surface area contributed by atoms with Gasteiger partial charge in [-0.25, -0.2) is 0 Å². The molecule has 2 aromatic rings. The van der Waals surface area contributed by atoms with E-state index in [1.54, 1.807) is 17.4 Å². The van der Waals surface area contributed by atoms with Gasteiger partial charge in [0.1, 0.15) is 5.75 Å². The molecule has 0 amide bonds. The minimum atomic E-state index is 0. The predicted molar refractivity (Wildman–Crippen MR) is 122 cm³/mol. The smallest absolute Gasteiger partial charge is 0.193 e. The number of aliphatic imine (C=N–C) groups is 1. The van der Waals surface area contributed by atoms with E-state index in [9.17, 15) is 5.11 Å². The van der Waals surface area contributed by atoms with Crippen molar-refractivity contribution >= 4 is 58.6 Å². The minimum absolute atomic E-state index is 0. The SMILES string of the molecule is CN=C(NCCc1ccc(Cl)s1)N1CCN(c2ccccc2O)CC1.I. The Morgan fingerprint density at radius 2 is 1.92 bits per heavy atom. The van der Waals surface area contributed by atoms with Crippen LogP contribution in [0.5, 0.6) is 5.75 Å². The van der Waals surface area contributed by atoms with Gasteiger partial charge in [0, 0.05) is 44.6 Å². The molecule has 26 heavy (non-hydrogen) atoms. The molecule has 8 heteroatoms. The van der Waals surface area contributed by atoms with Crippen LogP contribution < -0.4 is 10.2 Å². The molecule has 0 spiro atoms. The summed E-state index contributed by atoms with van der Waals surface area (Å²) in [5.41, 5.74) is 0.902. The molecule has 0 atom stereocenters. The molecule has 3 rings (SSSR count). The van der Waals surface area contributed by atoms with Gasteiger partial charge >= 0.3 is 0 Å². The Bertz CT molecular complexity index is 731. The van der Waals surface area contributed by atoms with Crippen molar-refractivity contribution in [2.24, 2.45) is 4.99 Å². The second-order valence-corrected chi connectivity index (χ2v) is 7.69. The molecular formula is C18H24ClIN4OS. The molecule has 1 saturated heterocycles. The molecule has 0 radical (unpaired) electrons. The number of piperazine rings is 1. The number of guanidine groups is 1. The quantitative estimate of drug-likeness (QED) is 0.377. The second kappa shape index (κ2) is 10.2. The number of halogens is 2. The highest BCUT2D eigenvalue weighted by Gasteiger charge is 2.21. The monoisotopic (exact) mass is 506 g/mol. The average Bonchev–Trinajstić information content (AvgIpc) is 3.05. The van der Waals surface area contributed by atoms with E-state index in [1.165, 1.54) is 4.88 Å². The number of nitrogens with zero attached hydrogens (tertiary/aromatic N) is 3. The number of para-hydroxylation sites is 2. The molecule has 142 valence electrons. The number of hydrogen-bond acceptors (Lipinski definition) is 4. The summed E-state index contributed by atoms with van der Waals surface area (Å²) in [6, 6.07) is 11.5. The Hall–Kier alpha value is -1.19. The molecule has 0 unspecified atom stereocenters. The van der Waals surface area contributed by atoms with Crippen LogP contribution in [0.3, 0.4) is 0 Å². The van der Waals surface area contributed by atoms with E-state index in [1.807, 2.05) is 31.3 Å². The van der Waals surface area contributed by atoms with Gasteiger partial charge in [0.2, 0.25) is 0 Å². The summed E-state index contributed by atoms with van der Waals surface area (Å²) in [5, 5.41) is 13.4. The first-order valence-corrected chi connectivity index (χ1v) is 9.59. The molecule has 1 aliphatic rings. The second-order valence-electron chi connectivity index (χ2n) is 5.89. The fraction of sp³-hybridized carbons (Fsp3) is 0.389. The Balaban J connectivity index is 0.00000243. The van der Waals surface area contributed by atoms with E-state index in [0.717, 1.165) is 55.1 Å². The van der Waals surface area contributed by atoms with Crippen LogP contribution in [0.1, 0.15) is 4.88 Å². The Kier molecular flexibility index (Phi) is 8.30. The van der Waals surface area contributed by atoms with Crippen molar-refractivity contribution < 1.29 is 5.11 Å². The summed E-state index contributed by atoms with van der Waals surface area (Å²) in [5.74, 6) is 1.27. The van der Waals surface area contributed by atoms with Crippen molar-refractivity contribution in [1.29, 1.82) is 0 Å². The van der Waals surface area contributed by atoms with Gasteiger partial charge in [0.25, 0.3) is 0 Å². The van der Waals surface area contributed by atoms with Gasteiger partial charge in [-0.15, -0.1) is 35.3 Å². The molecule has 1 aromatic heterocycles. The molecule has 1 aromatic carbocycles. The summed E-state index contributed by atoms with van der Waals surface area (Å²) in [7, 11) is 1.82. The van der Waals surface area contributed by atoms with Crippen molar-refractivity contribution in [3.8, 4) is 5.75 Å². The maximum Gasteiger partial charge on any atom is 0.193 e. The number of thiophene rings is 1. The first-order valence-electron chi connectivity index (χ1n) is 8.40. The van der Waals surface area contributed by atoms with Crippen LogP contribution in [0.25, 0.3) is 0 Å². The van der Waals surface area contributed by atoms with Crippen LogP contribution in [-0.2, 0) is 6.42 Å². The topological polar surface area (TPSA) is 51.1 Å². The number of nitrogens with one attached hydrogen (secondary N) is 1. The highest BCUT2D eigenvalue weighted by Crippen LogP contribution is 2.27. The predicted octanol–water partition coefficient (Wildman–Crippen LogP) is 3.67. The van der Waals surface area contributed by atoms with Crippen molar-refractivity contribution in [2.75, 3.05) is 44.7 Å². The lowest BCUT2D eigenvalue weighted by Crippen LogP contribution is -2.52. The molecule has 0 bridgehead atoms. The van der Waals surface area contributed by atoms with Crippen molar-refractivity contribution in [3.05, 3.63) is 45.6 Å². The third-order valence-corrected chi connectivity index (χ3v) is 5.59. The number of rotatable bonds is 4. The number of phenols is 1. The summed E-state index contributed by atoms with van der Waals surface area (Å²) in [6.07, 6.45) is 0.939. The fourth-order valence-corrected chi connectivity index (χ4v) is 4.09. The molecule has 1 aliphatic heterocycles. The van der Waals surface area contributed by atoms with Crippen molar-refractivity contribution in [3.63, 3.8) is 0 Å². The normalized spacial score (nSPS) is 14.9. The van der Waals surface area contributed by atoms with E-state index >= 15 is 0 Å². The summed E-state index contributed by atoms with van der Waals surface area (Å²) in [4.78, 5) is 10.2. The van der Waals surface area contributed by atoms with Crippen LogP contribution in [0, 0.1) is 0 Å². The van der Waals surface area contributed by atoms with Crippen LogP contribution in [-0.4, -0.2) is 55.7 Å². The highest BCUT2D eigenvalue weighted by molar-refractivity contribution is 14.0. The third kappa shape index (κ3) is 5.40. The van der Waals surface area contributed by atoms with Crippen LogP contribution >= 0.6 is 46.9 Å². The number of benzene rings is 1. The third-order valence-electron chi connectivity index (χ3n) is 4.30. The van der Waals surface area contributed by atoms with Crippen LogP contribution in [0.2, 0.25) is 4.34 Å². The zero-order chi connectivity index (χ0) is 17.6. The number of phenolic OH excluding ortho intramolecular Hbond substituents is 1. The average molecular weight is 507 g/mol. The van der Waals surface area contributed by atoms with Crippen molar-refractivity contribution in [1.82, 2.24) is 10.2 Å². The lowest BCUT2D eigenvalue weighted by atomic mass is 10.2. The van der Waals surface area contributed by atoms with Gasteiger partial charge in [0.15, 0.2) is 5.96 Å². The molecular weight excluding hydrogens is 483 g/mol. The van der Waals surface area contributed by atoms with E-state index in [2.05, 4.69) is 26.2 Å². The standard InChI is InChI=1S/C18H23ClN4OS.HI/c1-20-18(21-9-8-14-6-7-17(19)25-14)23-12-10-22(11-13-23)15-4-2-3-5-16(15)24;/h2-7,24H,8-13H2,1H3,(H,20,21);1H. The molecule has 0 aliphatic carbocycles. The summed E-state index contributed by atoms with van der Waals surface area (Å²) in [6.45, 7) is 4.30. The van der Waals surface area contributed by atoms with E-state index in [0.29, 0.717) is 5.75 Å². The largest absolute Gasteiger partial charge is 0.506 e. The first kappa shape index (κ1) is 21.1. The molecule has 2 heterocycles. The van der Waals surface area contributed by atoms with Crippen LogP contribution in [0.15, 0.2) is 41.4 Å². The van der Waals surface area contributed by atoms with Gasteiger partial charge in [-0.2, -0.15) is 0 Å². The van der Waals surface area contributed by atoms with Gasteiger partial charge in [0.05, 0.1) is 10.0 Å². The van der Waals surface area contributed by atoms with Crippen LogP contribution in [0.4, 0.5) is 5.69 Å². The van der Waals surface area contributed by atoms with Gasteiger partial charge in [-0.05, 0) is 30.7 Å². The molecule has 5 nitrogen and oxygen atoms in total. The number of aromatic hydroxyl groups is 1. The molecule has 0 saturated carbocycles. The fourth-order valence-electron chi connectivity index (χ4n) is 3.01. The Labute approximate surface area is 180 Å². The van der Waals surface area contributed by atoms with E-state index in [-0.39, 0.29) is 24.0 Å². The summed E-state index contributed by atoms with van der Waals surface area (Å²) >= 11 is 7.59. The lowest BCUT2D eigenvalue weighted by Gasteiger charge is -2.37. The summed E-state index contributed by atoms with van der Waals surface area (Å²) < 4.78 is 0.833. The minimum Gasteiger partial charge on any atom is -0.506 e. The van der Waals surface area contributed by atoms with Gasteiger partial charge in [-0.3, -0.25) is 4.99 Å². The zero-order valence-electron chi connectivity index (χ0n) is 14.7. The highest BCUT2D eigenvalue weighted by atomic mass is 127. The first-order chi connectivity index (χ1) is 12.2. The Morgan fingerprint density at radius 1 is 1.19 bits per heavy atom.